The van der Waals surface area contributed by atoms with E-state index < -0.39 is 5.41 Å². The zero-order valence-corrected chi connectivity index (χ0v) is 21.6. The molecule has 6 heterocycles. The van der Waals surface area contributed by atoms with E-state index in [9.17, 15) is 9.59 Å². The van der Waals surface area contributed by atoms with Crippen molar-refractivity contribution in [2.24, 2.45) is 0 Å². The standard InChI is InChI=1S/C29H24N8O3/c1-16-23-26(37(35-16)27-24-25(31-14-30-24)32-15-33-27)34-22(38)13-29(23)19-4-2-3-5-20(19)36(28(29)39)10-8-17-6-7-21-18(12-17)9-11-40-21/h2-7,12,14-15H,8-11,13H2,1H3,(H,34,38)(H,30,31,32,33). The molecule has 5 aromatic rings. The van der Waals surface area contributed by atoms with Gasteiger partial charge in [-0.05, 0) is 42.2 Å². The third-order valence-electron chi connectivity index (χ3n) is 8.22. The third-order valence-corrected chi connectivity index (χ3v) is 8.22. The number of para-hydroxylation sites is 1. The van der Waals surface area contributed by atoms with Crippen LogP contribution >= 0.6 is 0 Å². The van der Waals surface area contributed by atoms with Crippen molar-refractivity contribution < 1.29 is 14.3 Å². The Labute approximate surface area is 228 Å². The lowest BCUT2D eigenvalue weighted by Gasteiger charge is -2.33. The highest BCUT2D eigenvalue weighted by Crippen LogP contribution is 2.53. The minimum absolute atomic E-state index is 0.00168. The van der Waals surface area contributed by atoms with Crippen LogP contribution in [0.4, 0.5) is 11.5 Å². The van der Waals surface area contributed by atoms with Crippen LogP contribution in [0, 0.1) is 6.92 Å². The number of carbonyl (C=O) groups is 2. The lowest BCUT2D eigenvalue weighted by molar-refractivity contribution is -0.126. The number of nitrogens with zero attached hydrogens (tertiary/aromatic N) is 6. The molecule has 11 nitrogen and oxygen atoms in total. The summed E-state index contributed by atoms with van der Waals surface area (Å²) in [5, 5.41) is 7.77. The number of carbonyl (C=O) groups excluding carboxylic acids is 2. The molecule has 1 atom stereocenters. The summed E-state index contributed by atoms with van der Waals surface area (Å²) in [6.07, 6.45) is 4.52. The number of rotatable bonds is 4. The Hall–Kier alpha value is -5.06. The van der Waals surface area contributed by atoms with Crippen LogP contribution < -0.4 is 15.0 Å². The molecule has 0 radical (unpaired) electrons. The Kier molecular flexibility index (Phi) is 4.70. The Morgan fingerprint density at radius 2 is 2.00 bits per heavy atom. The molecule has 1 unspecified atom stereocenters. The van der Waals surface area contributed by atoms with E-state index >= 15 is 0 Å². The first-order chi connectivity index (χ1) is 19.5. The summed E-state index contributed by atoms with van der Waals surface area (Å²) in [6, 6.07) is 14.0. The molecule has 2 N–H and O–H groups in total. The minimum atomic E-state index is -1.19. The van der Waals surface area contributed by atoms with Gasteiger partial charge in [-0.15, -0.1) is 0 Å². The average molecular weight is 533 g/mol. The number of aromatic nitrogens is 6. The summed E-state index contributed by atoms with van der Waals surface area (Å²) in [5.74, 6) is 1.44. The molecule has 0 aliphatic carbocycles. The van der Waals surface area contributed by atoms with Crippen LogP contribution in [-0.4, -0.2) is 54.7 Å². The highest BCUT2D eigenvalue weighted by molar-refractivity contribution is 6.16. The van der Waals surface area contributed by atoms with Gasteiger partial charge >= 0.3 is 0 Å². The number of benzene rings is 2. The molecule has 2 aromatic carbocycles. The van der Waals surface area contributed by atoms with E-state index in [1.807, 2.05) is 42.2 Å². The van der Waals surface area contributed by atoms with Crippen molar-refractivity contribution in [1.82, 2.24) is 29.7 Å². The van der Waals surface area contributed by atoms with E-state index in [0.717, 1.165) is 29.0 Å². The van der Waals surface area contributed by atoms with Gasteiger partial charge in [0.2, 0.25) is 11.8 Å². The number of H-pyrrole nitrogens is 1. The molecule has 8 rings (SSSR count). The van der Waals surface area contributed by atoms with Gasteiger partial charge in [0.05, 0.1) is 18.6 Å². The van der Waals surface area contributed by atoms with Crippen molar-refractivity contribution in [3.8, 4) is 11.6 Å². The highest BCUT2D eigenvalue weighted by Gasteiger charge is 2.58. The number of imidazole rings is 1. The summed E-state index contributed by atoms with van der Waals surface area (Å²) in [4.78, 5) is 45.7. The fourth-order valence-corrected chi connectivity index (χ4v) is 6.52. The van der Waals surface area contributed by atoms with Gasteiger partial charge in [0.1, 0.15) is 28.8 Å². The second kappa shape index (κ2) is 8.22. The normalized spacial score (nSPS) is 19.1. The van der Waals surface area contributed by atoms with Crippen LogP contribution in [0.5, 0.6) is 5.75 Å². The number of ether oxygens (including phenoxy) is 1. The Morgan fingerprint density at radius 1 is 1.10 bits per heavy atom. The van der Waals surface area contributed by atoms with Crippen LogP contribution in [-0.2, 0) is 27.8 Å². The van der Waals surface area contributed by atoms with Crippen LogP contribution in [0.25, 0.3) is 17.0 Å². The van der Waals surface area contributed by atoms with Crippen LogP contribution in [0.1, 0.15) is 34.4 Å². The maximum Gasteiger partial charge on any atom is 0.242 e. The average Bonchev–Trinajstić information content (AvgIpc) is 3.74. The first-order valence-electron chi connectivity index (χ1n) is 13.2. The molecular weight excluding hydrogens is 508 g/mol. The first kappa shape index (κ1) is 22.9. The van der Waals surface area contributed by atoms with Crippen LogP contribution in [0.3, 0.4) is 0 Å². The van der Waals surface area contributed by atoms with Gasteiger partial charge < -0.3 is 19.9 Å². The molecule has 0 fully saturated rings. The molecule has 198 valence electrons. The number of aromatic amines is 1. The van der Waals surface area contributed by atoms with Gasteiger partial charge in [-0.25, -0.2) is 15.0 Å². The maximum atomic E-state index is 14.6. The van der Waals surface area contributed by atoms with Crippen molar-refractivity contribution >= 4 is 34.5 Å². The zero-order chi connectivity index (χ0) is 27.0. The van der Waals surface area contributed by atoms with Crippen molar-refractivity contribution in [3.05, 3.63) is 83.1 Å². The quantitative estimate of drug-likeness (QED) is 0.364. The minimum Gasteiger partial charge on any atom is -0.493 e. The lowest BCUT2D eigenvalue weighted by atomic mass is 9.70. The van der Waals surface area contributed by atoms with E-state index in [2.05, 4.69) is 37.4 Å². The number of hydrogen-bond acceptors (Lipinski definition) is 7. The summed E-state index contributed by atoms with van der Waals surface area (Å²) >= 11 is 0. The highest BCUT2D eigenvalue weighted by atomic mass is 16.5. The Bertz CT molecular complexity index is 1870. The molecule has 0 saturated heterocycles. The van der Waals surface area contributed by atoms with E-state index in [4.69, 9.17) is 9.84 Å². The predicted octanol–water partition coefficient (Wildman–Crippen LogP) is 3.00. The fourth-order valence-electron chi connectivity index (χ4n) is 6.52. The van der Waals surface area contributed by atoms with Crippen molar-refractivity contribution in [3.63, 3.8) is 0 Å². The second-order valence-electron chi connectivity index (χ2n) is 10.4. The fraction of sp³-hybridized carbons (Fsp3) is 0.241. The smallest absolute Gasteiger partial charge is 0.242 e. The summed E-state index contributed by atoms with van der Waals surface area (Å²) in [5.41, 5.74) is 5.19. The molecule has 0 saturated carbocycles. The number of nitrogens with one attached hydrogen (secondary N) is 2. The summed E-state index contributed by atoms with van der Waals surface area (Å²) in [6.45, 7) is 3.06. The Balaban J connectivity index is 1.25. The van der Waals surface area contributed by atoms with Crippen molar-refractivity contribution in [2.45, 2.75) is 31.6 Å². The summed E-state index contributed by atoms with van der Waals surface area (Å²) in [7, 11) is 0. The molecular formula is C29H24N8O3. The lowest BCUT2D eigenvalue weighted by Crippen LogP contribution is -2.47. The molecule has 3 aromatic heterocycles. The molecule has 40 heavy (non-hydrogen) atoms. The van der Waals surface area contributed by atoms with E-state index in [0.29, 0.717) is 53.6 Å². The van der Waals surface area contributed by atoms with E-state index in [1.165, 1.54) is 18.2 Å². The molecule has 2 amide bonds. The number of fused-ring (bicyclic) bond motifs is 6. The van der Waals surface area contributed by atoms with Crippen molar-refractivity contribution in [2.75, 3.05) is 23.4 Å². The van der Waals surface area contributed by atoms with Gasteiger partial charge in [0.25, 0.3) is 0 Å². The molecule has 11 heteroatoms. The van der Waals surface area contributed by atoms with Gasteiger partial charge in [-0.3, -0.25) is 9.59 Å². The van der Waals surface area contributed by atoms with Gasteiger partial charge in [0.15, 0.2) is 11.5 Å². The summed E-state index contributed by atoms with van der Waals surface area (Å²) < 4.78 is 7.23. The number of aryl methyl sites for hydroxylation is 1. The number of amides is 2. The first-order valence-corrected chi connectivity index (χ1v) is 13.2. The molecule has 1 spiro atoms. The topological polar surface area (TPSA) is 131 Å². The van der Waals surface area contributed by atoms with E-state index in [1.54, 1.807) is 4.68 Å². The largest absolute Gasteiger partial charge is 0.493 e. The number of hydrogen-bond donors (Lipinski definition) is 2. The third kappa shape index (κ3) is 3.05. The Morgan fingerprint density at radius 3 is 2.92 bits per heavy atom. The van der Waals surface area contributed by atoms with Gasteiger partial charge in [-0.1, -0.05) is 30.3 Å². The van der Waals surface area contributed by atoms with E-state index in [-0.39, 0.29) is 18.2 Å². The zero-order valence-electron chi connectivity index (χ0n) is 21.6. The van der Waals surface area contributed by atoms with Gasteiger partial charge in [0, 0.05) is 30.6 Å². The van der Waals surface area contributed by atoms with Crippen LogP contribution in [0.15, 0.2) is 55.1 Å². The SMILES string of the molecule is Cc1nn(-c2ncnc3nc[nH]c23)c2c1C1(CC(=O)N2)C(=O)N(CCc2ccc3c(c2)CCO3)c2ccccc21. The van der Waals surface area contributed by atoms with Crippen molar-refractivity contribution in [1.29, 1.82) is 0 Å². The molecule has 3 aliphatic heterocycles. The molecule has 0 bridgehead atoms. The predicted molar refractivity (Wildman–Crippen MR) is 146 cm³/mol. The maximum absolute atomic E-state index is 14.6. The van der Waals surface area contributed by atoms with Crippen LogP contribution in [0.2, 0.25) is 0 Å². The monoisotopic (exact) mass is 532 g/mol. The van der Waals surface area contributed by atoms with Gasteiger partial charge in [-0.2, -0.15) is 9.78 Å². The molecule has 3 aliphatic rings. The second-order valence-corrected chi connectivity index (χ2v) is 10.4. The number of anilines is 2.